The summed E-state index contributed by atoms with van der Waals surface area (Å²) in [5.41, 5.74) is 1.77. The largest absolute Gasteiger partial charge is 0.451 e. The molecule has 5 heteroatoms. The van der Waals surface area contributed by atoms with Gasteiger partial charge in [-0.2, -0.15) is 0 Å². The highest BCUT2D eigenvalue weighted by Gasteiger charge is 2.35. The Morgan fingerprint density at radius 2 is 1.65 bits per heavy atom. The lowest BCUT2D eigenvalue weighted by molar-refractivity contribution is -0.138. The van der Waals surface area contributed by atoms with Gasteiger partial charge in [-0.05, 0) is 12.1 Å². The van der Waals surface area contributed by atoms with Gasteiger partial charge in [-0.1, -0.05) is 60.1 Å². The van der Waals surface area contributed by atoms with Crippen molar-refractivity contribution in [1.29, 1.82) is 0 Å². The molecule has 0 spiro atoms. The Labute approximate surface area is 138 Å². The number of ketones is 1. The van der Waals surface area contributed by atoms with Gasteiger partial charge in [-0.15, -0.1) is 0 Å². The summed E-state index contributed by atoms with van der Waals surface area (Å²) in [6.07, 6.45) is -0.663. The van der Waals surface area contributed by atoms with Crippen molar-refractivity contribution in [2.75, 3.05) is 5.32 Å². The molecule has 0 amide bonds. The first-order valence-corrected chi connectivity index (χ1v) is 7.54. The Kier molecular flexibility index (Phi) is 4.44. The van der Waals surface area contributed by atoms with Gasteiger partial charge in [0.05, 0.1) is 12.1 Å². The van der Waals surface area contributed by atoms with Gasteiger partial charge in [0.1, 0.15) is 5.03 Å². The summed E-state index contributed by atoms with van der Waals surface area (Å²) in [5.74, 6) is -0.724. The van der Waals surface area contributed by atoms with Gasteiger partial charge >= 0.3 is 5.97 Å². The highest BCUT2D eigenvalue weighted by atomic mass is 35.5. The molecule has 0 saturated carbocycles. The summed E-state index contributed by atoms with van der Waals surface area (Å²) in [4.78, 5) is 24.1. The normalized spacial score (nSPS) is 17.1. The van der Waals surface area contributed by atoms with E-state index in [2.05, 4.69) is 5.32 Å². The molecule has 2 aromatic carbocycles. The molecule has 0 aliphatic carbocycles. The van der Waals surface area contributed by atoms with E-state index in [1.54, 1.807) is 24.3 Å². The first-order valence-electron chi connectivity index (χ1n) is 7.16. The highest BCUT2D eigenvalue weighted by Crippen LogP contribution is 2.29. The van der Waals surface area contributed by atoms with Crippen LogP contribution in [0, 0.1) is 0 Å². The first kappa shape index (κ1) is 15.3. The molecule has 116 valence electrons. The number of benzene rings is 2. The molecule has 0 bridgehead atoms. The minimum atomic E-state index is -0.706. The van der Waals surface area contributed by atoms with Crippen LogP contribution in [0.5, 0.6) is 0 Å². The first-order chi connectivity index (χ1) is 11.1. The van der Waals surface area contributed by atoms with Crippen molar-refractivity contribution < 1.29 is 14.3 Å². The van der Waals surface area contributed by atoms with E-state index in [4.69, 9.17) is 16.3 Å². The lowest BCUT2D eigenvalue weighted by Gasteiger charge is -2.15. The third-order valence-electron chi connectivity index (χ3n) is 3.51. The number of ether oxygens (including phenoxy) is 1. The van der Waals surface area contributed by atoms with E-state index in [9.17, 15) is 9.59 Å². The Balaban J connectivity index is 1.79. The summed E-state index contributed by atoms with van der Waals surface area (Å²) >= 11 is 6.03. The van der Waals surface area contributed by atoms with Crippen LogP contribution in [0.4, 0.5) is 5.69 Å². The molecule has 0 unspecified atom stereocenters. The molecule has 1 aliphatic rings. The minimum Gasteiger partial charge on any atom is -0.451 e. The molecule has 0 aromatic heterocycles. The third kappa shape index (κ3) is 3.43. The molecule has 2 aromatic rings. The lowest BCUT2D eigenvalue weighted by Crippen LogP contribution is -2.21. The van der Waals surface area contributed by atoms with Crippen molar-refractivity contribution in [2.45, 2.75) is 12.5 Å². The number of anilines is 1. The molecule has 0 radical (unpaired) electrons. The van der Waals surface area contributed by atoms with Crippen LogP contribution in [0.3, 0.4) is 0 Å². The molecule has 1 heterocycles. The number of halogens is 1. The summed E-state index contributed by atoms with van der Waals surface area (Å²) in [6.45, 7) is 0. The van der Waals surface area contributed by atoms with Crippen molar-refractivity contribution in [3.05, 3.63) is 77.0 Å². The maximum Gasteiger partial charge on any atom is 0.352 e. The molecule has 1 atom stereocenters. The van der Waals surface area contributed by atoms with E-state index < -0.39 is 12.1 Å². The van der Waals surface area contributed by atoms with Gasteiger partial charge in [0.25, 0.3) is 0 Å². The van der Waals surface area contributed by atoms with E-state index in [1.807, 2.05) is 36.4 Å². The van der Waals surface area contributed by atoms with Crippen LogP contribution in [0.2, 0.25) is 0 Å². The van der Waals surface area contributed by atoms with Gasteiger partial charge < -0.3 is 10.1 Å². The molecule has 1 N–H and O–H groups in total. The summed E-state index contributed by atoms with van der Waals surface area (Å²) in [7, 11) is 0. The van der Waals surface area contributed by atoms with Gasteiger partial charge in [-0.3, -0.25) is 4.79 Å². The van der Waals surface area contributed by atoms with Crippen LogP contribution < -0.4 is 5.32 Å². The molecule has 4 nitrogen and oxygen atoms in total. The highest BCUT2D eigenvalue weighted by molar-refractivity contribution is 6.42. The fraction of sp³-hybridized carbons (Fsp3) is 0.111. The van der Waals surface area contributed by atoms with E-state index in [0.717, 1.165) is 5.69 Å². The molecule has 3 rings (SSSR count). The predicted octanol–water partition coefficient (Wildman–Crippen LogP) is 3.75. The SMILES string of the molecule is O=C1O[C@@H](CC(=O)c2ccccc2)C(Nc2ccccc2)=C1Cl. The number of hydrogen-bond acceptors (Lipinski definition) is 4. The van der Waals surface area contributed by atoms with Crippen molar-refractivity contribution in [3.63, 3.8) is 0 Å². The van der Waals surface area contributed by atoms with Crippen LogP contribution in [0.25, 0.3) is 0 Å². The Hall–Kier alpha value is -2.59. The van der Waals surface area contributed by atoms with E-state index >= 15 is 0 Å². The van der Waals surface area contributed by atoms with Gasteiger partial charge in [0.2, 0.25) is 0 Å². The van der Waals surface area contributed by atoms with Crippen LogP contribution >= 0.6 is 11.6 Å². The lowest BCUT2D eigenvalue weighted by atomic mass is 10.0. The van der Waals surface area contributed by atoms with Crippen molar-refractivity contribution in [1.82, 2.24) is 0 Å². The van der Waals surface area contributed by atoms with Gasteiger partial charge in [-0.25, -0.2) is 4.79 Å². The molecular weight excluding hydrogens is 314 g/mol. The second kappa shape index (κ2) is 6.67. The number of cyclic esters (lactones) is 1. The molecule has 23 heavy (non-hydrogen) atoms. The average molecular weight is 328 g/mol. The second-order valence-electron chi connectivity index (χ2n) is 5.11. The minimum absolute atomic E-state index is 0.0142. The summed E-state index contributed by atoms with van der Waals surface area (Å²) in [5, 5.41) is 3.06. The van der Waals surface area contributed by atoms with Crippen LogP contribution in [0.15, 0.2) is 71.4 Å². The van der Waals surface area contributed by atoms with Crippen molar-refractivity contribution >= 4 is 29.0 Å². The van der Waals surface area contributed by atoms with Crippen molar-refractivity contribution in [2.24, 2.45) is 0 Å². The quantitative estimate of drug-likeness (QED) is 0.671. The molecular formula is C18H14ClNO3. The number of Topliss-reactive ketones (excluding diaryl/α,β-unsaturated/α-hetero) is 1. The van der Waals surface area contributed by atoms with E-state index in [1.165, 1.54) is 0 Å². The number of carbonyl (C=O) groups is 2. The maximum absolute atomic E-state index is 12.3. The Bertz CT molecular complexity index is 756. The number of nitrogens with one attached hydrogen (secondary N) is 1. The van der Waals surface area contributed by atoms with Crippen LogP contribution in [0.1, 0.15) is 16.8 Å². The monoisotopic (exact) mass is 327 g/mol. The number of esters is 1. The smallest absolute Gasteiger partial charge is 0.352 e. The van der Waals surface area contributed by atoms with E-state index in [-0.39, 0.29) is 17.2 Å². The zero-order chi connectivity index (χ0) is 16.2. The zero-order valence-corrected chi connectivity index (χ0v) is 12.9. The number of para-hydroxylation sites is 1. The van der Waals surface area contributed by atoms with Gasteiger partial charge in [0.15, 0.2) is 11.9 Å². The zero-order valence-electron chi connectivity index (χ0n) is 12.2. The molecule has 0 fully saturated rings. The third-order valence-corrected chi connectivity index (χ3v) is 3.86. The van der Waals surface area contributed by atoms with Crippen molar-refractivity contribution in [3.8, 4) is 0 Å². The Morgan fingerprint density at radius 1 is 1.04 bits per heavy atom. The molecule has 0 saturated heterocycles. The number of rotatable bonds is 5. The maximum atomic E-state index is 12.3. The van der Waals surface area contributed by atoms with Crippen LogP contribution in [-0.2, 0) is 9.53 Å². The van der Waals surface area contributed by atoms with Gasteiger partial charge in [0, 0.05) is 11.3 Å². The van der Waals surface area contributed by atoms with Crippen LogP contribution in [-0.4, -0.2) is 17.9 Å². The summed E-state index contributed by atoms with van der Waals surface area (Å²) < 4.78 is 5.22. The fourth-order valence-electron chi connectivity index (χ4n) is 2.36. The summed E-state index contributed by atoms with van der Waals surface area (Å²) in [6, 6.07) is 18.2. The average Bonchev–Trinajstić information content (AvgIpc) is 2.84. The van der Waals surface area contributed by atoms with E-state index in [0.29, 0.717) is 11.3 Å². The number of hydrogen-bond donors (Lipinski definition) is 1. The fourth-order valence-corrected chi connectivity index (χ4v) is 2.57. The number of carbonyl (C=O) groups excluding carboxylic acids is 2. The molecule has 1 aliphatic heterocycles. The predicted molar refractivity (Wildman–Crippen MR) is 88.2 cm³/mol. The Morgan fingerprint density at radius 3 is 2.30 bits per heavy atom. The topological polar surface area (TPSA) is 55.4 Å². The standard InChI is InChI=1S/C18H14ClNO3/c19-16-17(20-13-9-5-2-6-10-13)15(23-18(16)22)11-14(21)12-7-3-1-4-8-12/h1-10,15,20H,11H2/t15-/m0/s1. The second-order valence-corrected chi connectivity index (χ2v) is 5.48.